The van der Waals surface area contributed by atoms with Crippen LogP contribution in [0, 0.1) is 18.8 Å². The van der Waals surface area contributed by atoms with E-state index >= 15 is 0 Å². The van der Waals surface area contributed by atoms with E-state index in [0.717, 1.165) is 34.9 Å². The zero-order valence-electron chi connectivity index (χ0n) is 11.2. The molecule has 0 saturated heterocycles. The normalized spacial score (nSPS) is 23.9. The van der Waals surface area contributed by atoms with Gasteiger partial charge in [-0.2, -0.15) is 0 Å². The van der Waals surface area contributed by atoms with E-state index in [9.17, 15) is 4.79 Å². The number of aryl methyl sites for hydroxylation is 1. The lowest BCUT2D eigenvalue weighted by atomic mass is 9.78. The summed E-state index contributed by atoms with van der Waals surface area (Å²) in [6.07, 6.45) is 5.78. The molecule has 1 aliphatic rings. The molecule has 0 spiro atoms. The van der Waals surface area contributed by atoms with Crippen LogP contribution in [0.2, 0.25) is 5.02 Å². The molecule has 0 bridgehead atoms. The Morgan fingerprint density at radius 3 is 2.50 bits per heavy atom. The molecule has 0 heterocycles. The van der Waals surface area contributed by atoms with Gasteiger partial charge in [0.1, 0.15) is 0 Å². The standard InChI is InChI=1S/C16H21ClO/c1-3-12-4-6-13(7-5-12)16(18)14-8-9-15(17)11(2)10-14/h8-10,12-13H,3-7H2,1-2H3. The second kappa shape index (κ2) is 5.88. The highest BCUT2D eigenvalue weighted by atomic mass is 35.5. The van der Waals surface area contributed by atoms with Crippen molar-refractivity contribution in [1.29, 1.82) is 0 Å². The summed E-state index contributed by atoms with van der Waals surface area (Å²) in [6, 6.07) is 5.63. The number of rotatable bonds is 3. The van der Waals surface area contributed by atoms with Crippen LogP contribution in [0.15, 0.2) is 18.2 Å². The molecule has 1 saturated carbocycles. The summed E-state index contributed by atoms with van der Waals surface area (Å²) >= 11 is 6.00. The largest absolute Gasteiger partial charge is 0.294 e. The molecule has 1 fully saturated rings. The van der Waals surface area contributed by atoms with Gasteiger partial charge in [0.05, 0.1) is 0 Å². The number of hydrogen-bond donors (Lipinski definition) is 0. The van der Waals surface area contributed by atoms with Gasteiger partial charge in [-0.25, -0.2) is 0 Å². The monoisotopic (exact) mass is 264 g/mol. The van der Waals surface area contributed by atoms with Crippen LogP contribution in [0.4, 0.5) is 0 Å². The Morgan fingerprint density at radius 1 is 1.28 bits per heavy atom. The van der Waals surface area contributed by atoms with Crippen LogP contribution >= 0.6 is 11.6 Å². The summed E-state index contributed by atoms with van der Waals surface area (Å²) in [5, 5.41) is 0.737. The van der Waals surface area contributed by atoms with Gasteiger partial charge in [0.15, 0.2) is 5.78 Å². The maximum absolute atomic E-state index is 12.4. The maximum atomic E-state index is 12.4. The predicted octanol–water partition coefficient (Wildman–Crippen LogP) is 5.05. The Bertz CT molecular complexity index is 431. The van der Waals surface area contributed by atoms with Gasteiger partial charge in [-0.3, -0.25) is 4.79 Å². The molecule has 1 aliphatic carbocycles. The number of carbonyl (C=O) groups is 1. The van der Waals surface area contributed by atoms with Crippen LogP contribution < -0.4 is 0 Å². The van der Waals surface area contributed by atoms with Crippen LogP contribution in [0.25, 0.3) is 0 Å². The highest BCUT2D eigenvalue weighted by Gasteiger charge is 2.26. The summed E-state index contributed by atoms with van der Waals surface area (Å²) in [6.45, 7) is 4.20. The van der Waals surface area contributed by atoms with Gasteiger partial charge in [-0.1, -0.05) is 24.9 Å². The molecule has 0 unspecified atom stereocenters. The Balaban J connectivity index is 2.05. The minimum Gasteiger partial charge on any atom is -0.294 e. The molecule has 2 rings (SSSR count). The third-order valence-corrected chi connectivity index (χ3v) is 4.66. The van der Waals surface area contributed by atoms with E-state index in [0.29, 0.717) is 5.78 Å². The van der Waals surface area contributed by atoms with Crippen molar-refractivity contribution in [2.24, 2.45) is 11.8 Å². The number of benzene rings is 1. The Morgan fingerprint density at radius 2 is 1.94 bits per heavy atom. The lowest BCUT2D eigenvalue weighted by molar-refractivity contribution is 0.0871. The van der Waals surface area contributed by atoms with E-state index in [1.807, 2.05) is 25.1 Å². The smallest absolute Gasteiger partial charge is 0.165 e. The molecule has 0 aromatic heterocycles. The van der Waals surface area contributed by atoms with E-state index in [1.165, 1.54) is 19.3 Å². The molecule has 0 atom stereocenters. The predicted molar refractivity (Wildman–Crippen MR) is 76.3 cm³/mol. The fraction of sp³-hybridized carbons (Fsp3) is 0.562. The fourth-order valence-electron chi connectivity index (χ4n) is 2.87. The van der Waals surface area contributed by atoms with E-state index < -0.39 is 0 Å². The molecular weight excluding hydrogens is 244 g/mol. The van der Waals surface area contributed by atoms with E-state index in [-0.39, 0.29) is 5.92 Å². The van der Waals surface area contributed by atoms with Gasteiger partial charge in [-0.15, -0.1) is 0 Å². The Labute approximate surface area is 115 Å². The molecule has 1 aromatic carbocycles. The summed E-state index contributed by atoms with van der Waals surface area (Å²) in [5.74, 6) is 1.37. The highest BCUT2D eigenvalue weighted by Crippen LogP contribution is 2.33. The first-order chi connectivity index (χ1) is 8.61. The zero-order chi connectivity index (χ0) is 13.1. The van der Waals surface area contributed by atoms with Crippen molar-refractivity contribution in [3.8, 4) is 0 Å². The first-order valence-electron chi connectivity index (χ1n) is 6.92. The van der Waals surface area contributed by atoms with Crippen molar-refractivity contribution in [1.82, 2.24) is 0 Å². The summed E-state index contributed by atoms with van der Waals surface area (Å²) in [7, 11) is 0. The molecule has 98 valence electrons. The maximum Gasteiger partial charge on any atom is 0.165 e. The Hall–Kier alpha value is -0.820. The van der Waals surface area contributed by atoms with Crippen LogP contribution in [0.3, 0.4) is 0 Å². The lowest BCUT2D eigenvalue weighted by Crippen LogP contribution is -2.21. The SMILES string of the molecule is CCC1CCC(C(=O)c2ccc(Cl)c(C)c2)CC1. The second-order valence-corrected chi connectivity index (χ2v) is 5.86. The van der Waals surface area contributed by atoms with Crippen molar-refractivity contribution < 1.29 is 4.79 Å². The number of carbonyl (C=O) groups excluding carboxylic acids is 1. The first-order valence-corrected chi connectivity index (χ1v) is 7.30. The van der Waals surface area contributed by atoms with Gasteiger partial charge < -0.3 is 0 Å². The highest BCUT2D eigenvalue weighted by molar-refractivity contribution is 6.31. The molecule has 0 amide bonds. The summed E-state index contributed by atoms with van der Waals surface area (Å²) < 4.78 is 0. The lowest BCUT2D eigenvalue weighted by Gasteiger charge is -2.26. The van der Waals surface area contributed by atoms with Gasteiger partial charge in [0.25, 0.3) is 0 Å². The van der Waals surface area contributed by atoms with Crippen LogP contribution in [-0.4, -0.2) is 5.78 Å². The number of halogens is 1. The first kappa shape index (κ1) is 13.6. The van der Waals surface area contributed by atoms with Gasteiger partial charge in [-0.05, 0) is 62.3 Å². The molecule has 0 aliphatic heterocycles. The minimum absolute atomic E-state index is 0.230. The molecule has 0 N–H and O–H groups in total. The van der Waals surface area contributed by atoms with Crippen LogP contribution in [0.1, 0.15) is 54.9 Å². The molecule has 18 heavy (non-hydrogen) atoms. The molecular formula is C16H21ClO. The number of hydrogen-bond acceptors (Lipinski definition) is 1. The van der Waals surface area contributed by atoms with Crippen molar-refractivity contribution in [3.05, 3.63) is 34.3 Å². The quantitative estimate of drug-likeness (QED) is 0.699. The third-order valence-electron chi connectivity index (χ3n) is 4.24. The van der Waals surface area contributed by atoms with Gasteiger partial charge in [0, 0.05) is 16.5 Å². The van der Waals surface area contributed by atoms with E-state index in [4.69, 9.17) is 11.6 Å². The zero-order valence-corrected chi connectivity index (χ0v) is 12.0. The van der Waals surface area contributed by atoms with Gasteiger partial charge in [0.2, 0.25) is 0 Å². The Kier molecular flexibility index (Phi) is 4.45. The minimum atomic E-state index is 0.230. The van der Waals surface area contributed by atoms with Gasteiger partial charge >= 0.3 is 0 Å². The topological polar surface area (TPSA) is 17.1 Å². The molecule has 1 nitrogen and oxygen atoms in total. The van der Waals surface area contributed by atoms with Crippen molar-refractivity contribution in [2.75, 3.05) is 0 Å². The van der Waals surface area contributed by atoms with Crippen molar-refractivity contribution in [2.45, 2.75) is 46.0 Å². The van der Waals surface area contributed by atoms with Crippen LogP contribution in [0.5, 0.6) is 0 Å². The number of Topliss-reactive ketones (excluding diaryl/α,β-unsaturated/α-hetero) is 1. The molecule has 2 heteroatoms. The summed E-state index contributed by atoms with van der Waals surface area (Å²) in [4.78, 5) is 12.4. The second-order valence-electron chi connectivity index (χ2n) is 5.45. The average molecular weight is 265 g/mol. The van der Waals surface area contributed by atoms with E-state index in [1.54, 1.807) is 0 Å². The van der Waals surface area contributed by atoms with Crippen LogP contribution in [-0.2, 0) is 0 Å². The fourth-order valence-corrected chi connectivity index (χ4v) is 2.98. The van der Waals surface area contributed by atoms with E-state index in [2.05, 4.69) is 6.92 Å². The van der Waals surface area contributed by atoms with Crippen molar-refractivity contribution in [3.63, 3.8) is 0 Å². The third kappa shape index (κ3) is 2.95. The average Bonchev–Trinajstić information content (AvgIpc) is 2.41. The number of ketones is 1. The molecule has 0 radical (unpaired) electrons. The summed E-state index contributed by atoms with van der Waals surface area (Å²) in [5.41, 5.74) is 1.82. The molecule has 1 aromatic rings. The van der Waals surface area contributed by atoms with Crippen molar-refractivity contribution >= 4 is 17.4 Å².